The average Bonchev–Trinajstić information content (AvgIpc) is 2.81. The number of pyridine rings is 1. The number of oxazole rings is 1. The smallest absolute Gasteiger partial charge is 0.424 e. The second-order valence-corrected chi connectivity index (χ2v) is 5.16. The fourth-order valence-corrected chi connectivity index (χ4v) is 2.49. The number of fused-ring (bicyclic) bond motifs is 1. The van der Waals surface area contributed by atoms with E-state index in [1.807, 2.05) is 31.2 Å². The van der Waals surface area contributed by atoms with Crippen molar-refractivity contribution in [2.75, 3.05) is 7.11 Å². The SMILES string of the molecule is C=C(C)n1c(=O)oc2cc(-c3cnc(OC)cc3C)ccc21. The molecule has 2 aromatic heterocycles. The number of ether oxygens (including phenoxy) is 1. The predicted octanol–water partition coefficient (Wildman–Crippen LogP) is 3.46. The maximum absolute atomic E-state index is 11.9. The number of aryl methyl sites for hydroxylation is 1. The average molecular weight is 296 g/mol. The summed E-state index contributed by atoms with van der Waals surface area (Å²) in [5.41, 5.74) is 4.80. The Bertz CT molecular complexity index is 935. The summed E-state index contributed by atoms with van der Waals surface area (Å²) in [7, 11) is 1.59. The van der Waals surface area contributed by atoms with Gasteiger partial charge in [0.2, 0.25) is 5.88 Å². The number of hydrogen-bond donors (Lipinski definition) is 0. The van der Waals surface area contributed by atoms with Crippen LogP contribution in [0.25, 0.3) is 27.9 Å². The fraction of sp³-hybridized carbons (Fsp3) is 0.176. The van der Waals surface area contributed by atoms with Crippen molar-refractivity contribution in [3.8, 4) is 17.0 Å². The molecule has 1 aromatic carbocycles. The van der Waals surface area contributed by atoms with Crippen molar-refractivity contribution in [1.29, 1.82) is 0 Å². The molecule has 0 bridgehead atoms. The molecule has 2 heterocycles. The molecule has 3 rings (SSSR count). The van der Waals surface area contributed by atoms with Gasteiger partial charge in [0.05, 0.1) is 12.6 Å². The molecule has 0 atom stereocenters. The minimum absolute atomic E-state index is 0.427. The van der Waals surface area contributed by atoms with Crippen molar-refractivity contribution in [2.24, 2.45) is 0 Å². The van der Waals surface area contributed by atoms with Gasteiger partial charge in [-0.05, 0) is 37.1 Å². The molecule has 0 saturated heterocycles. The third-order valence-corrected chi connectivity index (χ3v) is 3.57. The lowest BCUT2D eigenvalue weighted by atomic mass is 10.0. The lowest BCUT2D eigenvalue weighted by Crippen LogP contribution is -2.10. The van der Waals surface area contributed by atoms with Gasteiger partial charge in [-0.2, -0.15) is 0 Å². The summed E-state index contributed by atoms with van der Waals surface area (Å²) in [5.74, 6) is 0.145. The van der Waals surface area contributed by atoms with Crippen molar-refractivity contribution < 1.29 is 9.15 Å². The highest BCUT2D eigenvalue weighted by Gasteiger charge is 2.12. The molecule has 0 unspecified atom stereocenters. The third kappa shape index (κ3) is 2.20. The number of hydrogen-bond acceptors (Lipinski definition) is 4. The minimum Gasteiger partial charge on any atom is -0.481 e. The highest BCUT2D eigenvalue weighted by molar-refractivity contribution is 5.83. The Morgan fingerprint density at radius 2 is 2.14 bits per heavy atom. The molecule has 0 aliphatic carbocycles. The Morgan fingerprint density at radius 1 is 1.36 bits per heavy atom. The standard InChI is InChI=1S/C17H16N2O3/c1-10(2)19-14-6-5-12(8-15(14)22-17(19)20)13-9-18-16(21-4)7-11(13)3/h5-9H,1H2,2-4H3. The number of methoxy groups -OCH3 is 1. The van der Waals surface area contributed by atoms with Crippen LogP contribution in [0.1, 0.15) is 12.5 Å². The van der Waals surface area contributed by atoms with Crippen molar-refractivity contribution in [1.82, 2.24) is 9.55 Å². The molecule has 0 aliphatic heterocycles. The number of aromatic nitrogens is 2. The highest BCUT2D eigenvalue weighted by atomic mass is 16.5. The monoisotopic (exact) mass is 296 g/mol. The van der Waals surface area contributed by atoms with Gasteiger partial charge in [-0.25, -0.2) is 14.3 Å². The second-order valence-electron chi connectivity index (χ2n) is 5.16. The van der Waals surface area contributed by atoms with E-state index in [1.165, 1.54) is 4.57 Å². The minimum atomic E-state index is -0.427. The van der Waals surface area contributed by atoms with E-state index in [-0.39, 0.29) is 0 Å². The van der Waals surface area contributed by atoms with Crippen LogP contribution in [-0.4, -0.2) is 16.7 Å². The van der Waals surface area contributed by atoms with E-state index < -0.39 is 5.76 Å². The molecule has 0 spiro atoms. The van der Waals surface area contributed by atoms with Crippen LogP contribution in [-0.2, 0) is 0 Å². The summed E-state index contributed by atoms with van der Waals surface area (Å²) < 4.78 is 11.9. The van der Waals surface area contributed by atoms with Crippen molar-refractivity contribution >= 4 is 16.8 Å². The Labute approximate surface area is 127 Å². The number of allylic oxidation sites excluding steroid dienone is 1. The first-order valence-electron chi connectivity index (χ1n) is 6.83. The van der Waals surface area contributed by atoms with Gasteiger partial charge in [-0.1, -0.05) is 12.6 Å². The van der Waals surface area contributed by atoms with E-state index in [4.69, 9.17) is 9.15 Å². The van der Waals surface area contributed by atoms with Crippen LogP contribution in [0.5, 0.6) is 5.88 Å². The Kier molecular flexibility index (Phi) is 3.33. The molecule has 5 heteroatoms. The Morgan fingerprint density at radius 3 is 2.77 bits per heavy atom. The van der Waals surface area contributed by atoms with Crippen LogP contribution in [0.2, 0.25) is 0 Å². The van der Waals surface area contributed by atoms with Gasteiger partial charge in [-0.3, -0.25) is 0 Å². The van der Waals surface area contributed by atoms with Crippen LogP contribution >= 0.6 is 0 Å². The molecule has 0 radical (unpaired) electrons. The molecule has 112 valence electrons. The third-order valence-electron chi connectivity index (χ3n) is 3.57. The lowest BCUT2D eigenvalue weighted by molar-refractivity contribution is 0.397. The molecule has 0 saturated carbocycles. The number of nitrogens with zero attached hydrogens (tertiary/aromatic N) is 2. The molecule has 0 amide bonds. The zero-order valence-electron chi connectivity index (χ0n) is 12.7. The summed E-state index contributed by atoms with van der Waals surface area (Å²) in [6, 6.07) is 7.50. The normalized spacial score (nSPS) is 10.9. The molecule has 0 fully saturated rings. The quantitative estimate of drug-likeness (QED) is 0.742. The highest BCUT2D eigenvalue weighted by Crippen LogP contribution is 2.28. The summed E-state index contributed by atoms with van der Waals surface area (Å²) in [4.78, 5) is 16.1. The maximum atomic E-state index is 11.9. The largest absolute Gasteiger partial charge is 0.481 e. The van der Waals surface area contributed by atoms with Gasteiger partial charge in [0.25, 0.3) is 0 Å². The van der Waals surface area contributed by atoms with Crippen LogP contribution in [0.15, 0.2) is 46.3 Å². The van der Waals surface area contributed by atoms with Crippen molar-refractivity contribution in [3.63, 3.8) is 0 Å². The zero-order valence-corrected chi connectivity index (χ0v) is 12.7. The molecular formula is C17H16N2O3. The van der Waals surface area contributed by atoms with E-state index in [2.05, 4.69) is 11.6 Å². The summed E-state index contributed by atoms with van der Waals surface area (Å²) in [6.45, 7) is 7.55. The number of rotatable bonds is 3. The van der Waals surface area contributed by atoms with E-state index >= 15 is 0 Å². The predicted molar refractivity (Wildman–Crippen MR) is 86.0 cm³/mol. The molecule has 0 aliphatic rings. The van der Waals surface area contributed by atoms with Gasteiger partial charge < -0.3 is 9.15 Å². The first-order chi connectivity index (χ1) is 10.5. The van der Waals surface area contributed by atoms with E-state index in [0.717, 1.165) is 16.7 Å². The van der Waals surface area contributed by atoms with Gasteiger partial charge in [0.15, 0.2) is 5.58 Å². The first-order valence-corrected chi connectivity index (χ1v) is 6.83. The van der Waals surface area contributed by atoms with E-state index in [1.54, 1.807) is 20.2 Å². The number of benzene rings is 1. The Hall–Kier alpha value is -2.82. The summed E-state index contributed by atoms with van der Waals surface area (Å²) >= 11 is 0. The van der Waals surface area contributed by atoms with E-state index in [9.17, 15) is 4.79 Å². The maximum Gasteiger partial charge on any atom is 0.424 e. The fourth-order valence-electron chi connectivity index (χ4n) is 2.49. The van der Waals surface area contributed by atoms with Gasteiger partial charge in [0, 0.05) is 23.5 Å². The second kappa shape index (κ2) is 5.18. The molecule has 0 N–H and O–H groups in total. The molecular weight excluding hydrogens is 280 g/mol. The van der Waals surface area contributed by atoms with Gasteiger partial charge >= 0.3 is 5.76 Å². The summed E-state index contributed by atoms with van der Waals surface area (Å²) in [6.07, 6.45) is 1.75. The molecule has 22 heavy (non-hydrogen) atoms. The van der Waals surface area contributed by atoms with Crippen LogP contribution in [0.3, 0.4) is 0 Å². The van der Waals surface area contributed by atoms with Crippen LogP contribution in [0, 0.1) is 6.92 Å². The first kappa shape index (κ1) is 14.1. The van der Waals surface area contributed by atoms with Gasteiger partial charge in [-0.15, -0.1) is 0 Å². The topological polar surface area (TPSA) is 57.3 Å². The van der Waals surface area contributed by atoms with Crippen LogP contribution < -0.4 is 10.5 Å². The van der Waals surface area contributed by atoms with E-state index in [0.29, 0.717) is 22.7 Å². The van der Waals surface area contributed by atoms with Crippen LogP contribution in [0.4, 0.5) is 0 Å². The van der Waals surface area contributed by atoms with Gasteiger partial charge in [0.1, 0.15) is 0 Å². The van der Waals surface area contributed by atoms with Crippen molar-refractivity contribution in [2.45, 2.75) is 13.8 Å². The lowest BCUT2D eigenvalue weighted by Gasteiger charge is -2.07. The molecule has 3 aromatic rings. The molecule has 5 nitrogen and oxygen atoms in total. The Balaban J connectivity index is 2.18. The summed E-state index contributed by atoms with van der Waals surface area (Å²) in [5, 5.41) is 0. The zero-order chi connectivity index (χ0) is 15.9. The van der Waals surface area contributed by atoms with Crippen molar-refractivity contribution in [3.05, 3.63) is 53.2 Å².